The standard InChI is InChI=1S/C13H20BrNOS/c1-10-2-4-13(16,5-3-10)9-15-7-12-6-11(14)8-17-12/h6,8,10,15-16H,2-5,7,9H2,1H3. The first-order chi connectivity index (χ1) is 8.07. The number of hydrogen-bond acceptors (Lipinski definition) is 3. The third-order valence-electron chi connectivity index (χ3n) is 3.58. The van der Waals surface area contributed by atoms with Crippen molar-refractivity contribution in [2.45, 2.75) is 44.8 Å². The average Bonchev–Trinajstić information content (AvgIpc) is 2.69. The van der Waals surface area contributed by atoms with Gasteiger partial charge in [0.05, 0.1) is 5.60 Å². The second-order valence-corrected chi connectivity index (χ2v) is 7.15. The van der Waals surface area contributed by atoms with Gasteiger partial charge >= 0.3 is 0 Å². The van der Waals surface area contributed by atoms with E-state index in [0.717, 1.165) is 49.2 Å². The maximum atomic E-state index is 10.4. The summed E-state index contributed by atoms with van der Waals surface area (Å²) in [7, 11) is 0. The fraction of sp³-hybridized carbons (Fsp3) is 0.692. The van der Waals surface area contributed by atoms with Gasteiger partial charge in [-0.05, 0) is 53.6 Å². The van der Waals surface area contributed by atoms with E-state index in [1.165, 1.54) is 4.88 Å². The number of rotatable bonds is 4. The zero-order valence-corrected chi connectivity index (χ0v) is 12.6. The summed E-state index contributed by atoms with van der Waals surface area (Å²) in [4.78, 5) is 1.31. The molecule has 0 atom stereocenters. The minimum absolute atomic E-state index is 0.471. The molecule has 1 aromatic rings. The van der Waals surface area contributed by atoms with Crippen molar-refractivity contribution in [3.8, 4) is 0 Å². The predicted molar refractivity (Wildman–Crippen MR) is 76.3 cm³/mol. The summed E-state index contributed by atoms with van der Waals surface area (Å²) in [5.74, 6) is 0.781. The fourth-order valence-electron chi connectivity index (χ4n) is 2.34. The van der Waals surface area contributed by atoms with Gasteiger partial charge in [-0.1, -0.05) is 6.92 Å². The van der Waals surface area contributed by atoms with Gasteiger partial charge in [0, 0.05) is 27.8 Å². The van der Waals surface area contributed by atoms with Crippen LogP contribution >= 0.6 is 27.3 Å². The first-order valence-electron chi connectivity index (χ1n) is 6.23. The van der Waals surface area contributed by atoms with Crippen LogP contribution in [0, 0.1) is 5.92 Å². The smallest absolute Gasteiger partial charge is 0.0771 e. The Hall–Kier alpha value is 0.1000. The van der Waals surface area contributed by atoms with Gasteiger partial charge < -0.3 is 10.4 Å². The number of aliphatic hydroxyl groups is 1. The van der Waals surface area contributed by atoms with E-state index in [0.29, 0.717) is 0 Å². The summed E-state index contributed by atoms with van der Waals surface area (Å²) >= 11 is 5.20. The third kappa shape index (κ3) is 4.05. The molecular weight excluding hydrogens is 298 g/mol. The molecule has 0 aliphatic heterocycles. The molecule has 1 aliphatic carbocycles. The first kappa shape index (κ1) is 13.5. The maximum Gasteiger partial charge on any atom is 0.0771 e. The molecule has 96 valence electrons. The van der Waals surface area contributed by atoms with Crippen LogP contribution in [-0.4, -0.2) is 17.3 Å². The van der Waals surface area contributed by atoms with Gasteiger partial charge in [0.1, 0.15) is 0 Å². The highest BCUT2D eigenvalue weighted by Crippen LogP contribution is 2.31. The Bertz CT molecular complexity index is 358. The molecule has 0 bridgehead atoms. The molecule has 17 heavy (non-hydrogen) atoms. The maximum absolute atomic E-state index is 10.4. The monoisotopic (exact) mass is 317 g/mol. The highest BCUT2D eigenvalue weighted by atomic mass is 79.9. The van der Waals surface area contributed by atoms with Gasteiger partial charge in [-0.25, -0.2) is 0 Å². The molecule has 4 heteroatoms. The lowest BCUT2D eigenvalue weighted by Crippen LogP contribution is -2.43. The van der Waals surface area contributed by atoms with Crippen molar-refractivity contribution >= 4 is 27.3 Å². The van der Waals surface area contributed by atoms with Crippen LogP contribution in [0.3, 0.4) is 0 Å². The average molecular weight is 318 g/mol. The largest absolute Gasteiger partial charge is 0.389 e. The van der Waals surface area contributed by atoms with Crippen molar-refractivity contribution < 1.29 is 5.11 Å². The third-order valence-corrected chi connectivity index (χ3v) is 5.28. The van der Waals surface area contributed by atoms with Crippen LogP contribution in [0.1, 0.15) is 37.5 Å². The molecule has 1 saturated carbocycles. The first-order valence-corrected chi connectivity index (χ1v) is 7.91. The number of thiophene rings is 1. The highest BCUT2D eigenvalue weighted by molar-refractivity contribution is 9.10. The summed E-state index contributed by atoms with van der Waals surface area (Å²) < 4.78 is 1.14. The Balaban J connectivity index is 1.74. The minimum atomic E-state index is -0.471. The van der Waals surface area contributed by atoms with E-state index in [-0.39, 0.29) is 0 Å². The van der Waals surface area contributed by atoms with Crippen molar-refractivity contribution in [3.05, 3.63) is 20.8 Å². The lowest BCUT2D eigenvalue weighted by Gasteiger charge is -2.35. The summed E-state index contributed by atoms with van der Waals surface area (Å²) in [6.45, 7) is 3.85. The van der Waals surface area contributed by atoms with Crippen LogP contribution in [0.5, 0.6) is 0 Å². The Kier molecular flexibility index (Phi) is 4.64. The molecule has 1 aromatic heterocycles. The van der Waals surface area contributed by atoms with Crippen molar-refractivity contribution in [2.24, 2.45) is 5.92 Å². The van der Waals surface area contributed by atoms with E-state index in [9.17, 15) is 5.11 Å². The van der Waals surface area contributed by atoms with Crippen molar-refractivity contribution in [2.75, 3.05) is 6.54 Å². The van der Waals surface area contributed by atoms with Gasteiger partial charge in [-0.3, -0.25) is 0 Å². The van der Waals surface area contributed by atoms with Crippen LogP contribution in [0.4, 0.5) is 0 Å². The van der Waals surface area contributed by atoms with Crippen LogP contribution in [0.15, 0.2) is 15.9 Å². The fourth-order valence-corrected chi connectivity index (χ4v) is 3.76. The van der Waals surface area contributed by atoms with Crippen molar-refractivity contribution in [1.29, 1.82) is 0 Å². The topological polar surface area (TPSA) is 32.3 Å². The summed E-state index contributed by atoms with van der Waals surface area (Å²) in [6, 6.07) is 2.13. The predicted octanol–water partition coefficient (Wildman–Crippen LogP) is 3.54. The van der Waals surface area contributed by atoms with Gasteiger partial charge in [0.25, 0.3) is 0 Å². The van der Waals surface area contributed by atoms with Gasteiger partial charge in [0.2, 0.25) is 0 Å². The quantitative estimate of drug-likeness (QED) is 0.890. The van der Waals surface area contributed by atoms with Gasteiger partial charge in [-0.15, -0.1) is 11.3 Å². The zero-order valence-electron chi connectivity index (χ0n) is 10.2. The van der Waals surface area contributed by atoms with Crippen molar-refractivity contribution in [1.82, 2.24) is 5.32 Å². The molecule has 2 nitrogen and oxygen atoms in total. The van der Waals surface area contributed by atoms with E-state index < -0.39 is 5.60 Å². The second kappa shape index (κ2) is 5.83. The molecule has 2 N–H and O–H groups in total. The molecule has 0 radical (unpaired) electrons. The van der Waals surface area contributed by atoms with Crippen LogP contribution in [0.2, 0.25) is 0 Å². The lowest BCUT2D eigenvalue weighted by atomic mass is 9.79. The van der Waals surface area contributed by atoms with E-state index >= 15 is 0 Å². The number of nitrogens with one attached hydrogen (secondary N) is 1. The zero-order chi connectivity index (χ0) is 12.3. The Morgan fingerprint density at radius 1 is 1.53 bits per heavy atom. The van der Waals surface area contributed by atoms with E-state index in [4.69, 9.17) is 0 Å². The summed E-state index contributed by atoms with van der Waals surface area (Å²) in [6.07, 6.45) is 4.19. The molecule has 1 heterocycles. The normalized spacial score (nSPS) is 29.5. The molecule has 0 saturated heterocycles. The molecule has 0 spiro atoms. The molecule has 1 aliphatic rings. The lowest BCUT2D eigenvalue weighted by molar-refractivity contribution is -0.00625. The summed E-state index contributed by atoms with van der Waals surface area (Å²) in [5, 5.41) is 15.9. The minimum Gasteiger partial charge on any atom is -0.389 e. The van der Waals surface area contributed by atoms with Crippen LogP contribution in [0.25, 0.3) is 0 Å². The number of hydrogen-bond donors (Lipinski definition) is 2. The van der Waals surface area contributed by atoms with Gasteiger partial charge in [0.15, 0.2) is 0 Å². The second-order valence-electron chi connectivity index (χ2n) is 5.24. The molecule has 0 unspecified atom stereocenters. The molecular formula is C13H20BrNOS. The van der Waals surface area contributed by atoms with E-state index in [2.05, 4.69) is 39.6 Å². The summed E-state index contributed by atoms with van der Waals surface area (Å²) in [5.41, 5.74) is -0.471. The molecule has 0 amide bonds. The highest BCUT2D eigenvalue weighted by Gasteiger charge is 2.31. The van der Waals surface area contributed by atoms with Gasteiger partial charge in [-0.2, -0.15) is 0 Å². The molecule has 2 rings (SSSR count). The van der Waals surface area contributed by atoms with E-state index in [1.54, 1.807) is 11.3 Å². The van der Waals surface area contributed by atoms with Crippen molar-refractivity contribution in [3.63, 3.8) is 0 Å². The van der Waals surface area contributed by atoms with Crippen LogP contribution in [-0.2, 0) is 6.54 Å². The Morgan fingerprint density at radius 2 is 2.24 bits per heavy atom. The SMILES string of the molecule is CC1CCC(O)(CNCc2cc(Br)cs2)CC1. The van der Waals surface area contributed by atoms with Crippen LogP contribution < -0.4 is 5.32 Å². The number of halogens is 1. The Labute approximate surface area is 116 Å². The van der Waals surface area contributed by atoms with E-state index in [1.807, 2.05) is 0 Å². The molecule has 1 fully saturated rings. The Morgan fingerprint density at radius 3 is 2.82 bits per heavy atom. The molecule has 0 aromatic carbocycles.